The molecule has 1 saturated heterocycles. The van der Waals surface area contributed by atoms with Crippen molar-refractivity contribution in [2.75, 3.05) is 33.7 Å². The Balaban J connectivity index is 1.62. The van der Waals surface area contributed by atoms with E-state index in [1.54, 1.807) is 18.2 Å². The molecule has 1 aliphatic heterocycles. The first-order valence-corrected chi connectivity index (χ1v) is 7.62. The highest BCUT2D eigenvalue weighted by molar-refractivity contribution is 6.42. The topological polar surface area (TPSA) is 23.6 Å². The van der Waals surface area contributed by atoms with Crippen LogP contribution in [-0.2, 0) is 0 Å². The van der Waals surface area contributed by atoms with Gasteiger partial charge in [-0.3, -0.25) is 4.79 Å². The monoisotopic (exact) mass is 312 g/mol. The minimum absolute atomic E-state index is 0.0689. The third-order valence-electron chi connectivity index (χ3n) is 4.40. The van der Waals surface area contributed by atoms with Gasteiger partial charge in [-0.05, 0) is 50.0 Å². The highest BCUT2D eigenvalue weighted by Crippen LogP contribution is 2.52. The summed E-state index contributed by atoms with van der Waals surface area (Å²) in [5.74, 6) is 2.20. The standard InChI is InChI=1S/C15H18Cl2N2O/c1-18(2)6-10-11-7-19(8-12(10)11)15(20)9-3-4-13(16)14(17)5-9/h3-5,10-12H,6-8H2,1-2H3. The molecule has 0 radical (unpaired) electrons. The maximum atomic E-state index is 12.4. The number of likely N-dealkylation sites (tertiary alicyclic amines) is 1. The van der Waals surface area contributed by atoms with Crippen molar-refractivity contribution >= 4 is 29.1 Å². The van der Waals surface area contributed by atoms with Gasteiger partial charge in [0.2, 0.25) is 0 Å². The van der Waals surface area contributed by atoms with E-state index < -0.39 is 0 Å². The van der Waals surface area contributed by atoms with Gasteiger partial charge in [0.25, 0.3) is 5.91 Å². The Hall–Kier alpha value is -0.770. The molecule has 2 atom stereocenters. The van der Waals surface area contributed by atoms with Gasteiger partial charge in [0.1, 0.15) is 0 Å². The highest BCUT2D eigenvalue weighted by Gasteiger charge is 2.56. The first-order valence-electron chi connectivity index (χ1n) is 6.86. The average Bonchev–Trinajstić information content (AvgIpc) is 2.86. The van der Waals surface area contributed by atoms with E-state index >= 15 is 0 Å². The van der Waals surface area contributed by atoms with Gasteiger partial charge in [-0.15, -0.1) is 0 Å². The SMILES string of the molecule is CN(C)CC1C2CN(C(=O)c3ccc(Cl)c(Cl)c3)CC12. The number of carbonyl (C=O) groups is 1. The van der Waals surface area contributed by atoms with E-state index in [9.17, 15) is 4.79 Å². The zero-order chi connectivity index (χ0) is 14.4. The fraction of sp³-hybridized carbons (Fsp3) is 0.533. The molecule has 2 aliphatic rings. The molecule has 108 valence electrons. The summed E-state index contributed by atoms with van der Waals surface area (Å²) in [6.07, 6.45) is 0. The van der Waals surface area contributed by atoms with Gasteiger partial charge >= 0.3 is 0 Å². The number of rotatable bonds is 3. The van der Waals surface area contributed by atoms with Crippen molar-refractivity contribution < 1.29 is 4.79 Å². The fourth-order valence-corrected chi connectivity index (χ4v) is 3.62. The van der Waals surface area contributed by atoms with Gasteiger partial charge in [0.05, 0.1) is 10.0 Å². The molecule has 3 nitrogen and oxygen atoms in total. The Bertz CT molecular complexity index is 535. The van der Waals surface area contributed by atoms with Crippen LogP contribution < -0.4 is 0 Å². The molecule has 1 aromatic rings. The molecule has 1 heterocycles. The van der Waals surface area contributed by atoms with Gasteiger partial charge in [-0.2, -0.15) is 0 Å². The van der Waals surface area contributed by atoms with Gasteiger partial charge in [-0.25, -0.2) is 0 Å². The van der Waals surface area contributed by atoms with E-state index in [1.807, 2.05) is 4.90 Å². The number of carbonyl (C=O) groups excluding carboxylic acids is 1. The first-order chi connectivity index (χ1) is 9.47. The molecular weight excluding hydrogens is 295 g/mol. The van der Waals surface area contributed by atoms with Crippen LogP contribution in [0.3, 0.4) is 0 Å². The number of hydrogen-bond donors (Lipinski definition) is 0. The summed E-state index contributed by atoms with van der Waals surface area (Å²) >= 11 is 11.9. The summed E-state index contributed by atoms with van der Waals surface area (Å²) in [5.41, 5.74) is 0.629. The lowest BCUT2D eigenvalue weighted by Gasteiger charge is -2.21. The maximum absolute atomic E-state index is 12.4. The Morgan fingerprint density at radius 3 is 2.45 bits per heavy atom. The molecule has 2 fully saturated rings. The largest absolute Gasteiger partial charge is 0.338 e. The van der Waals surface area contributed by atoms with Crippen LogP contribution in [0.4, 0.5) is 0 Å². The van der Waals surface area contributed by atoms with Crippen molar-refractivity contribution in [3.8, 4) is 0 Å². The summed E-state index contributed by atoms with van der Waals surface area (Å²) in [4.78, 5) is 16.6. The second-order valence-electron chi connectivity index (χ2n) is 6.09. The Kier molecular flexibility index (Phi) is 3.69. The second kappa shape index (κ2) is 5.21. The average molecular weight is 313 g/mol. The Labute approximate surface area is 129 Å². The number of piperidine rings is 1. The Morgan fingerprint density at radius 1 is 1.25 bits per heavy atom. The van der Waals surface area contributed by atoms with Crippen molar-refractivity contribution in [1.29, 1.82) is 0 Å². The third kappa shape index (κ3) is 2.54. The molecule has 3 rings (SSSR count). The Morgan fingerprint density at radius 2 is 1.90 bits per heavy atom. The molecule has 1 aromatic carbocycles. The van der Waals surface area contributed by atoms with Crippen LogP contribution in [0, 0.1) is 17.8 Å². The van der Waals surface area contributed by atoms with Crippen LogP contribution in [0.2, 0.25) is 10.0 Å². The first kappa shape index (κ1) is 14.2. The summed E-state index contributed by atoms with van der Waals surface area (Å²) in [6.45, 7) is 2.88. The second-order valence-corrected chi connectivity index (χ2v) is 6.91. The summed E-state index contributed by atoms with van der Waals surface area (Å²) in [6, 6.07) is 5.09. The normalized spacial score (nSPS) is 27.9. The van der Waals surface area contributed by atoms with E-state index in [-0.39, 0.29) is 5.91 Å². The number of hydrogen-bond acceptors (Lipinski definition) is 2. The number of benzene rings is 1. The molecule has 1 amide bonds. The quantitative estimate of drug-likeness (QED) is 0.857. The molecule has 0 N–H and O–H groups in total. The zero-order valence-electron chi connectivity index (χ0n) is 11.6. The van der Waals surface area contributed by atoms with E-state index in [4.69, 9.17) is 23.2 Å². The molecular formula is C15H18Cl2N2O. The number of amides is 1. The number of halogens is 2. The van der Waals surface area contributed by atoms with E-state index in [1.165, 1.54) is 0 Å². The number of nitrogens with zero attached hydrogens (tertiary/aromatic N) is 2. The highest BCUT2D eigenvalue weighted by atomic mass is 35.5. The van der Waals surface area contributed by atoms with Crippen molar-refractivity contribution in [2.24, 2.45) is 17.8 Å². The van der Waals surface area contributed by atoms with Gasteiger partial charge < -0.3 is 9.80 Å². The van der Waals surface area contributed by atoms with E-state index in [2.05, 4.69) is 19.0 Å². The zero-order valence-corrected chi connectivity index (χ0v) is 13.2. The molecule has 1 saturated carbocycles. The lowest BCUT2D eigenvalue weighted by atomic mass is 10.2. The van der Waals surface area contributed by atoms with Gasteiger partial charge in [0.15, 0.2) is 0 Å². The minimum atomic E-state index is 0.0689. The molecule has 2 unspecified atom stereocenters. The van der Waals surface area contributed by atoms with Crippen LogP contribution in [0.1, 0.15) is 10.4 Å². The summed E-state index contributed by atoms with van der Waals surface area (Å²) < 4.78 is 0. The van der Waals surface area contributed by atoms with Crippen molar-refractivity contribution in [1.82, 2.24) is 9.80 Å². The van der Waals surface area contributed by atoms with Crippen LogP contribution in [0.5, 0.6) is 0 Å². The van der Waals surface area contributed by atoms with Crippen LogP contribution in [0.25, 0.3) is 0 Å². The van der Waals surface area contributed by atoms with Gasteiger partial charge in [-0.1, -0.05) is 23.2 Å². The molecule has 0 spiro atoms. The maximum Gasteiger partial charge on any atom is 0.253 e. The van der Waals surface area contributed by atoms with E-state index in [0.29, 0.717) is 27.4 Å². The van der Waals surface area contributed by atoms with Crippen molar-refractivity contribution in [3.63, 3.8) is 0 Å². The smallest absolute Gasteiger partial charge is 0.253 e. The van der Waals surface area contributed by atoms with Crippen LogP contribution >= 0.6 is 23.2 Å². The van der Waals surface area contributed by atoms with Crippen LogP contribution in [0.15, 0.2) is 18.2 Å². The molecule has 0 bridgehead atoms. The fourth-order valence-electron chi connectivity index (χ4n) is 3.32. The van der Waals surface area contributed by atoms with E-state index in [0.717, 1.165) is 25.6 Å². The molecule has 1 aliphatic carbocycles. The molecule has 0 aromatic heterocycles. The molecule has 5 heteroatoms. The lowest BCUT2D eigenvalue weighted by Crippen LogP contribution is -2.33. The lowest BCUT2D eigenvalue weighted by molar-refractivity contribution is 0.0765. The van der Waals surface area contributed by atoms with Crippen LogP contribution in [-0.4, -0.2) is 49.4 Å². The van der Waals surface area contributed by atoms with Gasteiger partial charge in [0, 0.05) is 25.2 Å². The predicted octanol–water partition coefficient (Wildman–Crippen LogP) is 2.87. The predicted molar refractivity (Wildman–Crippen MR) is 81.4 cm³/mol. The van der Waals surface area contributed by atoms with Crippen molar-refractivity contribution in [3.05, 3.63) is 33.8 Å². The minimum Gasteiger partial charge on any atom is -0.338 e. The van der Waals surface area contributed by atoms with Crippen molar-refractivity contribution in [2.45, 2.75) is 0 Å². The molecule has 20 heavy (non-hydrogen) atoms. The number of fused-ring (bicyclic) bond motifs is 1. The summed E-state index contributed by atoms with van der Waals surface area (Å²) in [5, 5.41) is 0.922. The third-order valence-corrected chi connectivity index (χ3v) is 5.14. The summed E-state index contributed by atoms with van der Waals surface area (Å²) in [7, 11) is 4.21.